The molecule has 186 valence electrons. The molecule has 1 saturated carbocycles. The van der Waals surface area contributed by atoms with Crippen molar-refractivity contribution in [2.45, 2.75) is 70.2 Å². The molecule has 1 saturated heterocycles. The Kier molecular flexibility index (Phi) is 7.61. The molecule has 2 aromatic rings. The second kappa shape index (κ2) is 10.5. The van der Waals surface area contributed by atoms with Crippen molar-refractivity contribution in [2.24, 2.45) is 5.41 Å². The molecule has 0 radical (unpaired) electrons. The van der Waals surface area contributed by atoms with Crippen LogP contribution in [0.5, 0.6) is 5.75 Å². The molecule has 0 spiro atoms. The number of halogens is 3. The molecule has 4 rings (SSSR count). The number of anilines is 1. The second-order valence-electron chi connectivity index (χ2n) is 9.26. The highest BCUT2D eigenvalue weighted by Crippen LogP contribution is 2.39. The van der Waals surface area contributed by atoms with E-state index in [1.165, 1.54) is 18.2 Å². The Labute approximate surface area is 199 Å². The zero-order chi connectivity index (χ0) is 24.2. The fourth-order valence-electron chi connectivity index (χ4n) is 4.89. The van der Waals surface area contributed by atoms with Crippen LogP contribution < -0.4 is 20.7 Å². The second-order valence-corrected chi connectivity index (χ2v) is 10.3. The number of benzene rings is 1. The summed E-state index contributed by atoms with van der Waals surface area (Å²) in [6.45, 7) is 1.41. The number of rotatable bonds is 8. The van der Waals surface area contributed by atoms with Crippen LogP contribution in [-0.2, 0) is 9.59 Å². The predicted molar refractivity (Wildman–Crippen MR) is 124 cm³/mol. The van der Waals surface area contributed by atoms with E-state index >= 15 is 0 Å². The Morgan fingerprint density at radius 3 is 2.68 bits per heavy atom. The molecule has 2 heterocycles. The van der Waals surface area contributed by atoms with Gasteiger partial charge in [0.15, 0.2) is 5.13 Å². The first-order chi connectivity index (χ1) is 16.2. The van der Waals surface area contributed by atoms with Gasteiger partial charge in [0.25, 0.3) is 0 Å². The van der Waals surface area contributed by atoms with Gasteiger partial charge in [0.05, 0.1) is 10.2 Å². The van der Waals surface area contributed by atoms with Crippen LogP contribution in [0.25, 0.3) is 10.2 Å². The number of carbonyl (C=O) groups is 2. The van der Waals surface area contributed by atoms with E-state index < -0.39 is 6.36 Å². The van der Waals surface area contributed by atoms with Gasteiger partial charge < -0.3 is 20.7 Å². The number of nitrogens with zero attached hydrogens (tertiary/aromatic N) is 1. The van der Waals surface area contributed by atoms with E-state index in [4.69, 9.17) is 0 Å². The molecule has 3 N–H and O–H groups in total. The Morgan fingerprint density at radius 1 is 1.18 bits per heavy atom. The Balaban J connectivity index is 1.36. The smallest absolute Gasteiger partial charge is 0.406 e. The number of hydrogen-bond donors (Lipinski definition) is 3. The molecule has 7 nitrogen and oxygen atoms in total. The summed E-state index contributed by atoms with van der Waals surface area (Å²) < 4.78 is 41.8. The van der Waals surface area contributed by atoms with E-state index in [1.807, 2.05) is 0 Å². The molecule has 1 aliphatic carbocycles. The number of alkyl halides is 3. The van der Waals surface area contributed by atoms with Crippen LogP contribution in [0.15, 0.2) is 18.2 Å². The number of carbonyl (C=O) groups excluding carboxylic acids is 2. The maximum absolute atomic E-state index is 12.9. The largest absolute Gasteiger partial charge is 0.573 e. The van der Waals surface area contributed by atoms with Crippen molar-refractivity contribution in [1.82, 2.24) is 15.6 Å². The number of thiazole rings is 1. The van der Waals surface area contributed by atoms with E-state index in [0.717, 1.165) is 62.8 Å². The molecule has 2 amide bonds. The van der Waals surface area contributed by atoms with Crippen LogP contribution in [0.2, 0.25) is 0 Å². The van der Waals surface area contributed by atoms with Crippen LogP contribution in [0.3, 0.4) is 0 Å². The summed E-state index contributed by atoms with van der Waals surface area (Å²) in [5.41, 5.74) is 0.181. The fraction of sp³-hybridized carbons (Fsp3) is 0.609. The maximum Gasteiger partial charge on any atom is 0.573 e. The van der Waals surface area contributed by atoms with Gasteiger partial charge in [0, 0.05) is 31.5 Å². The van der Waals surface area contributed by atoms with Gasteiger partial charge in [-0.3, -0.25) is 9.59 Å². The van der Waals surface area contributed by atoms with Crippen LogP contribution in [0, 0.1) is 5.41 Å². The van der Waals surface area contributed by atoms with Crippen molar-refractivity contribution in [1.29, 1.82) is 0 Å². The maximum atomic E-state index is 12.9. The number of fused-ring (bicyclic) bond motifs is 1. The van der Waals surface area contributed by atoms with Crippen molar-refractivity contribution in [3.8, 4) is 5.75 Å². The molecule has 0 bridgehead atoms. The third-order valence-electron chi connectivity index (χ3n) is 6.54. The van der Waals surface area contributed by atoms with Gasteiger partial charge in [0.2, 0.25) is 11.8 Å². The van der Waals surface area contributed by atoms with Crippen LogP contribution in [0.1, 0.15) is 57.8 Å². The Hall–Kier alpha value is -2.40. The number of aromatic nitrogens is 1. The van der Waals surface area contributed by atoms with Crippen molar-refractivity contribution >= 4 is 38.5 Å². The quantitative estimate of drug-likeness (QED) is 0.489. The average Bonchev–Trinajstić information content (AvgIpc) is 3.40. The fourth-order valence-corrected chi connectivity index (χ4v) is 5.80. The minimum absolute atomic E-state index is 0.00723. The lowest BCUT2D eigenvalue weighted by molar-refractivity contribution is -0.274. The molecule has 1 aliphatic heterocycles. The minimum Gasteiger partial charge on any atom is -0.406 e. The van der Waals surface area contributed by atoms with Gasteiger partial charge in [0.1, 0.15) is 5.75 Å². The summed E-state index contributed by atoms with van der Waals surface area (Å²) in [5, 5.41) is 9.51. The summed E-state index contributed by atoms with van der Waals surface area (Å²) in [4.78, 5) is 29.6. The Morgan fingerprint density at radius 2 is 1.97 bits per heavy atom. The molecule has 2 aliphatic rings. The van der Waals surface area contributed by atoms with Crippen LogP contribution in [-0.4, -0.2) is 42.3 Å². The standard InChI is InChI=1S/C23H29F3N4O3S/c24-23(25,26)33-16-6-7-17-18(12-16)34-21(29-17)30-20(32)13-22(8-2-1-3-9-22)14-28-19(31)11-15-5-4-10-27-15/h6-7,12,15,27H,1-5,8-11,13-14H2,(H,28,31)(H,29,30,32)/t15-/m0/s1. The molecular formula is C23H29F3N4O3S. The number of amides is 2. The van der Waals surface area contributed by atoms with Crippen molar-refractivity contribution in [3.05, 3.63) is 18.2 Å². The SMILES string of the molecule is O=C(C[C@@H]1CCCN1)NCC1(CC(=O)Nc2nc3ccc(OC(F)(F)F)cc3s2)CCCCC1. The van der Waals surface area contributed by atoms with Gasteiger partial charge in [-0.25, -0.2) is 4.98 Å². The van der Waals surface area contributed by atoms with E-state index in [-0.39, 0.29) is 35.4 Å². The first-order valence-electron chi connectivity index (χ1n) is 11.7. The summed E-state index contributed by atoms with van der Waals surface area (Å²) >= 11 is 1.10. The predicted octanol–water partition coefficient (Wildman–Crippen LogP) is 4.73. The molecule has 1 aromatic heterocycles. The molecule has 11 heteroatoms. The zero-order valence-electron chi connectivity index (χ0n) is 18.8. The van der Waals surface area contributed by atoms with E-state index in [9.17, 15) is 22.8 Å². The summed E-state index contributed by atoms with van der Waals surface area (Å²) in [6.07, 6.45) is 2.89. The number of nitrogens with one attached hydrogen (secondary N) is 3. The molecule has 2 fully saturated rings. The lowest BCUT2D eigenvalue weighted by Gasteiger charge is -2.37. The number of hydrogen-bond acceptors (Lipinski definition) is 6. The average molecular weight is 499 g/mol. The molecule has 0 unspecified atom stereocenters. The number of ether oxygens (including phenoxy) is 1. The minimum atomic E-state index is -4.77. The first-order valence-corrected chi connectivity index (χ1v) is 12.5. The highest BCUT2D eigenvalue weighted by molar-refractivity contribution is 7.22. The third kappa shape index (κ3) is 6.82. The lowest BCUT2D eigenvalue weighted by Crippen LogP contribution is -2.42. The van der Waals surface area contributed by atoms with Gasteiger partial charge >= 0.3 is 6.36 Å². The molecule has 34 heavy (non-hydrogen) atoms. The van der Waals surface area contributed by atoms with Crippen molar-refractivity contribution < 1.29 is 27.5 Å². The highest BCUT2D eigenvalue weighted by atomic mass is 32.1. The summed E-state index contributed by atoms with van der Waals surface area (Å²) in [7, 11) is 0. The van der Waals surface area contributed by atoms with Gasteiger partial charge in [-0.1, -0.05) is 30.6 Å². The van der Waals surface area contributed by atoms with Crippen molar-refractivity contribution in [2.75, 3.05) is 18.4 Å². The summed E-state index contributed by atoms with van der Waals surface area (Å²) in [6, 6.07) is 4.11. The highest BCUT2D eigenvalue weighted by Gasteiger charge is 2.35. The topological polar surface area (TPSA) is 92.4 Å². The third-order valence-corrected chi connectivity index (χ3v) is 7.48. The molecular weight excluding hydrogens is 469 g/mol. The monoisotopic (exact) mass is 498 g/mol. The van der Waals surface area contributed by atoms with E-state index in [2.05, 4.69) is 25.7 Å². The molecule has 1 atom stereocenters. The summed E-state index contributed by atoms with van der Waals surface area (Å²) in [5.74, 6) is -0.529. The zero-order valence-corrected chi connectivity index (χ0v) is 19.6. The van der Waals surface area contributed by atoms with Gasteiger partial charge in [-0.05, 0) is 49.8 Å². The van der Waals surface area contributed by atoms with Gasteiger partial charge in [-0.2, -0.15) is 0 Å². The van der Waals surface area contributed by atoms with Crippen LogP contribution in [0.4, 0.5) is 18.3 Å². The van der Waals surface area contributed by atoms with Crippen LogP contribution >= 0.6 is 11.3 Å². The molecule has 1 aromatic carbocycles. The lowest BCUT2D eigenvalue weighted by atomic mass is 9.71. The Bertz CT molecular complexity index is 1010. The van der Waals surface area contributed by atoms with Gasteiger partial charge in [-0.15, -0.1) is 13.2 Å². The van der Waals surface area contributed by atoms with E-state index in [1.54, 1.807) is 0 Å². The van der Waals surface area contributed by atoms with E-state index in [0.29, 0.717) is 28.3 Å². The normalized spacial score (nSPS) is 20.3. The van der Waals surface area contributed by atoms with Crippen molar-refractivity contribution in [3.63, 3.8) is 0 Å². The first kappa shape index (κ1) is 24.7.